The number of primary amides is 1. The van der Waals surface area contributed by atoms with E-state index in [0.717, 1.165) is 11.3 Å². The number of amides is 1. The van der Waals surface area contributed by atoms with Crippen LogP contribution in [0.4, 0.5) is 15.2 Å². The van der Waals surface area contributed by atoms with Crippen LogP contribution in [0.2, 0.25) is 0 Å². The Hall–Kier alpha value is -3.32. The summed E-state index contributed by atoms with van der Waals surface area (Å²) in [6.07, 6.45) is 0.257. The summed E-state index contributed by atoms with van der Waals surface area (Å²) in [6, 6.07) is 13.4. The zero-order valence-corrected chi connectivity index (χ0v) is 18.2. The first kappa shape index (κ1) is 23.3. The lowest BCUT2D eigenvalue weighted by molar-refractivity contribution is 0.100. The molecule has 0 aliphatic heterocycles. The van der Waals surface area contributed by atoms with Gasteiger partial charge in [-0.25, -0.2) is 9.37 Å². The number of carbonyl (C=O) groups is 1. The Morgan fingerprint density at radius 3 is 2.72 bits per heavy atom. The molecule has 9 heteroatoms. The fourth-order valence-electron chi connectivity index (χ4n) is 3.18. The molecule has 2 atom stereocenters. The number of aromatic nitrogens is 1. The van der Waals surface area contributed by atoms with Gasteiger partial charge in [0.2, 0.25) is 0 Å². The molecular weight excluding hydrogens is 431 g/mol. The Kier molecular flexibility index (Phi) is 7.53. The number of thiophene rings is 1. The van der Waals surface area contributed by atoms with Crippen molar-refractivity contribution in [3.8, 4) is 16.5 Å². The first-order valence-electron chi connectivity index (χ1n) is 9.96. The zero-order chi connectivity index (χ0) is 23.3. The standard InChI is InChI=1S/C23H23FN4O3S/c1-13(12-30)14-5-6-16(18(24)9-14)20-10-17(22(26)31)23(32-20)28-21-4-2-3-19(27-21)15(11-25)7-8-29/h2-6,9-10,13,15,29-30H,7-8,12H2,1H3,(H2,26,31)(H,27,28). The molecule has 0 spiro atoms. The molecule has 0 aliphatic rings. The maximum Gasteiger partial charge on any atom is 0.251 e. The molecule has 2 aromatic heterocycles. The molecule has 7 nitrogen and oxygen atoms in total. The van der Waals surface area contributed by atoms with Gasteiger partial charge in [0, 0.05) is 29.6 Å². The molecular formula is C23H23FN4O3S. The third kappa shape index (κ3) is 5.11. The Balaban J connectivity index is 1.95. The van der Waals surface area contributed by atoms with Crippen molar-refractivity contribution in [2.24, 2.45) is 5.73 Å². The number of aliphatic hydroxyl groups is 2. The van der Waals surface area contributed by atoms with Crippen LogP contribution in [-0.2, 0) is 0 Å². The van der Waals surface area contributed by atoms with Gasteiger partial charge in [-0.1, -0.05) is 25.1 Å². The van der Waals surface area contributed by atoms with Gasteiger partial charge in [0.25, 0.3) is 5.91 Å². The number of hydrogen-bond acceptors (Lipinski definition) is 7. The molecule has 5 N–H and O–H groups in total. The van der Waals surface area contributed by atoms with Crippen molar-refractivity contribution in [1.29, 1.82) is 5.26 Å². The molecule has 0 saturated carbocycles. The number of carbonyl (C=O) groups excluding carboxylic acids is 1. The quantitative estimate of drug-likeness (QED) is 0.388. The topological polar surface area (TPSA) is 132 Å². The minimum Gasteiger partial charge on any atom is -0.396 e. The summed E-state index contributed by atoms with van der Waals surface area (Å²) < 4.78 is 14.8. The van der Waals surface area contributed by atoms with Crippen LogP contribution in [0.3, 0.4) is 0 Å². The smallest absolute Gasteiger partial charge is 0.251 e. The highest BCUT2D eigenvalue weighted by molar-refractivity contribution is 7.19. The lowest BCUT2D eigenvalue weighted by atomic mass is 9.99. The highest BCUT2D eigenvalue weighted by Crippen LogP contribution is 2.38. The molecule has 3 rings (SSSR count). The largest absolute Gasteiger partial charge is 0.396 e. The summed E-state index contributed by atoms with van der Waals surface area (Å²) in [5.41, 5.74) is 7.20. The number of anilines is 2. The molecule has 0 aliphatic carbocycles. The number of aliphatic hydroxyl groups excluding tert-OH is 2. The van der Waals surface area contributed by atoms with E-state index in [1.165, 1.54) is 12.1 Å². The van der Waals surface area contributed by atoms with E-state index in [4.69, 9.17) is 10.8 Å². The fourth-order valence-corrected chi connectivity index (χ4v) is 4.28. The van der Waals surface area contributed by atoms with Gasteiger partial charge in [-0.15, -0.1) is 11.3 Å². The highest BCUT2D eigenvalue weighted by Gasteiger charge is 2.19. The molecule has 166 valence electrons. The van der Waals surface area contributed by atoms with Crippen molar-refractivity contribution in [2.75, 3.05) is 18.5 Å². The third-order valence-corrected chi connectivity index (χ3v) is 6.13. The Morgan fingerprint density at radius 2 is 2.09 bits per heavy atom. The summed E-state index contributed by atoms with van der Waals surface area (Å²) in [5.74, 6) is -1.50. The summed E-state index contributed by atoms with van der Waals surface area (Å²) in [4.78, 5) is 16.9. The second-order valence-electron chi connectivity index (χ2n) is 7.31. The molecule has 32 heavy (non-hydrogen) atoms. The van der Waals surface area contributed by atoms with Crippen molar-refractivity contribution in [1.82, 2.24) is 4.98 Å². The fraction of sp³-hybridized carbons (Fsp3) is 0.261. The predicted octanol–water partition coefficient (Wildman–Crippen LogP) is 3.88. The average molecular weight is 455 g/mol. The van der Waals surface area contributed by atoms with Gasteiger partial charge in [-0.2, -0.15) is 5.26 Å². The van der Waals surface area contributed by atoms with Crippen LogP contribution in [0, 0.1) is 17.1 Å². The van der Waals surface area contributed by atoms with Crippen molar-refractivity contribution >= 4 is 28.1 Å². The molecule has 2 unspecified atom stereocenters. The zero-order valence-electron chi connectivity index (χ0n) is 17.4. The number of nitriles is 1. The van der Waals surface area contributed by atoms with E-state index >= 15 is 0 Å². The van der Waals surface area contributed by atoms with Crippen LogP contribution in [0.1, 0.15) is 46.8 Å². The number of hydrogen-bond donors (Lipinski definition) is 4. The Labute approximate surface area is 189 Å². The lowest BCUT2D eigenvalue weighted by Crippen LogP contribution is -2.11. The maximum absolute atomic E-state index is 14.8. The van der Waals surface area contributed by atoms with E-state index in [-0.39, 0.29) is 31.1 Å². The minimum atomic E-state index is -0.674. The van der Waals surface area contributed by atoms with E-state index in [1.54, 1.807) is 37.3 Å². The number of rotatable bonds is 9. The predicted molar refractivity (Wildman–Crippen MR) is 121 cm³/mol. The lowest BCUT2D eigenvalue weighted by Gasteiger charge is -2.10. The SMILES string of the molecule is CC(CO)c1ccc(-c2cc(C(N)=O)c(Nc3cccc(C(C#N)CCO)n3)s2)c(F)c1. The van der Waals surface area contributed by atoms with Gasteiger partial charge >= 0.3 is 0 Å². The van der Waals surface area contributed by atoms with Crippen LogP contribution >= 0.6 is 11.3 Å². The molecule has 0 fully saturated rings. The van der Waals surface area contributed by atoms with Crippen molar-refractivity contribution in [2.45, 2.75) is 25.2 Å². The number of pyridine rings is 1. The minimum absolute atomic E-state index is 0.0886. The van der Waals surface area contributed by atoms with Crippen molar-refractivity contribution < 1.29 is 19.4 Å². The van der Waals surface area contributed by atoms with Crippen LogP contribution in [0.5, 0.6) is 0 Å². The van der Waals surface area contributed by atoms with Crippen LogP contribution in [-0.4, -0.2) is 34.3 Å². The van der Waals surface area contributed by atoms with Crippen LogP contribution in [0.15, 0.2) is 42.5 Å². The number of benzene rings is 1. The molecule has 0 saturated heterocycles. The highest BCUT2D eigenvalue weighted by atomic mass is 32.1. The summed E-state index contributed by atoms with van der Waals surface area (Å²) in [6.45, 7) is 1.57. The summed E-state index contributed by atoms with van der Waals surface area (Å²) in [7, 11) is 0. The van der Waals surface area contributed by atoms with E-state index in [1.807, 2.05) is 0 Å². The normalized spacial score (nSPS) is 12.7. The van der Waals surface area contributed by atoms with Crippen LogP contribution in [0.25, 0.3) is 10.4 Å². The van der Waals surface area contributed by atoms with Gasteiger partial charge in [0.1, 0.15) is 16.6 Å². The van der Waals surface area contributed by atoms with E-state index in [0.29, 0.717) is 32.5 Å². The number of nitrogens with zero attached hydrogens (tertiary/aromatic N) is 2. The van der Waals surface area contributed by atoms with Crippen LogP contribution < -0.4 is 11.1 Å². The third-order valence-electron chi connectivity index (χ3n) is 5.04. The first-order valence-corrected chi connectivity index (χ1v) is 10.8. The Bertz CT molecular complexity index is 1160. The van der Waals surface area contributed by atoms with Gasteiger partial charge in [0.05, 0.1) is 23.2 Å². The molecule has 2 heterocycles. The number of nitrogens with one attached hydrogen (secondary N) is 1. The van der Waals surface area contributed by atoms with Crippen molar-refractivity contribution in [3.05, 3.63) is 65.1 Å². The van der Waals surface area contributed by atoms with Gasteiger partial charge in [0.15, 0.2) is 0 Å². The van der Waals surface area contributed by atoms with E-state index in [2.05, 4.69) is 16.4 Å². The average Bonchev–Trinajstić information content (AvgIpc) is 3.20. The van der Waals surface area contributed by atoms with E-state index in [9.17, 15) is 19.6 Å². The molecule has 0 bridgehead atoms. The first-order chi connectivity index (χ1) is 15.4. The second-order valence-corrected chi connectivity index (χ2v) is 8.36. The van der Waals surface area contributed by atoms with Gasteiger partial charge < -0.3 is 21.3 Å². The second kappa shape index (κ2) is 10.3. The summed E-state index contributed by atoms with van der Waals surface area (Å²) >= 11 is 1.15. The Morgan fingerprint density at radius 1 is 1.31 bits per heavy atom. The van der Waals surface area contributed by atoms with Gasteiger partial charge in [-0.05, 0) is 36.2 Å². The molecule has 0 radical (unpaired) electrons. The molecule has 3 aromatic rings. The van der Waals surface area contributed by atoms with Crippen molar-refractivity contribution in [3.63, 3.8) is 0 Å². The number of halogens is 1. The monoisotopic (exact) mass is 454 g/mol. The molecule has 1 amide bonds. The molecule has 1 aromatic carbocycles. The summed E-state index contributed by atoms with van der Waals surface area (Å²) in [5, 5.41) is 31.2. The van der Waals surface area contributed by atoms with Gasteiger partial charge in [-0.3, -0.25) is 4.79 Å². The van der Waals surface area contributed by atoms with E-state index < -0.39 is 17.6 Å². The number of nitrogens with two attached hydrogens (primary N) is 1. The maximum atomic E-state index is 14.8.